The monoisotopic (exact) mass is 282 g/mol. The van der Waals surface area contributed by atoms with E-state index in [2.05, 4.69) is 0 Å². The topological polar surface area (TPSA) is 35.5 Å². The highest BCUT2D eigenvalue weighted by molar-refractivity contribution is 5.87. The zero-order chi connectivity index (χ0) is 15.1. The van der Waals surface area contributed by atoms with E-state index in [1.54, 1.807) is 13.8 Å². The van der Waals surface area contributed by atoms with Crippen molar-refractivity contribution in [3.63, 3.8) is 0 Å². The van der Waals surface area contributed by atoms with E-state index in [4.69, 9.17) is 9.47 Å². The molecule has 0 saturated heterocycles. The van der Waals surface area contributed by atoms with Crippen molar-refractivity contribution in [2.75, 3.05) is 6.61 Å². The van der Waals surface area contributed by atoms with Gasteiger partial charge < -0.3 is 9.47 Å². The summed E-state index contributed by atoms with van der Waals surface area (Å²) in [7, 11) is 0. The van der Waals surface area contributed by atoms with Gasteiger partial charge in [-0.3, -0.25) is 0 Å². The van der Waals surface area contributed by atoms with Crippen LogP contribution in [-0.4, -0.2) is 12.6 Å². The molecule has 0 aliphatic heterocycles. The molecule has 0 atom stereocenters. The first-order chi connectivity index (χ1) is 10.2. The number of carbonyl (C=O) groups excluding carboxylic acids is 1. The predicted molar refractivity (Wildman–Crippen MR) is 82.9 cm³/mol. The Morgan fingerprint density at radius 2 is 1.71 bits per heavy atom. The Morgan fingerprint density at radius 1 is 1.05 bits per heavy atom. The molecule has 0 fully saturated rings. The molecule has 3 heteroatoms. The maximum absolute atomic E-state index is 11.5. The van der Waals surface area contributed by atoms with Crippen molar-refractivity contribution in [2.24, 2.45) is 0 Å². The number of hydrogen-bond acceptors (Lipinski definition) is 3. The molecule has 0 N–H and O–H groups in total. The van der Waals surface area contributed by atoms with Gasteiger partial charge in [0.1, 0.15) is 12.0 Å². The van der Waals surface area contributed by atoms with Crippen molar-refractivity contribution >= 4 is 5.97 Å². The fourth-order valence-electron chi connectivity index (χ4n) is 1.87. The molecule has 2 rings (SSSR count). The van der Waals surface area contributed by atoms with Crippen LogP contribution in [0.4, 0.5) is 0 Å². The molecule has 0 aliphatic carbocycles. The van der Waals surface area contributed by atoms with Crippen LogP contribution >= 0.6 is 0 Å². The quantitative estimate of drug-likeness (QED) is 0.468. The van der Waals surface area contributed by atoms with Crippen molar-refractivity contribution in [1.29, 1.82) is 0 Å². The zero-order valence-electron chi connectivity index (χ0n) is 12.2. The predicted octanol–water partition coefficient (Wildman–Crippen LogP) is 4.20. The van der Waals surface area contributed by atoms with Crippen LogP contribution in [0.15, 0.2) is 66.4 Å². The lowest BCUT2D eigenvalue weighted by Crippen LogP contribution is -2.06. The van der Waals surface area contributed by atoms with Gasteiger partial charge in [0.2, 0.25) is 0 Å². The number of ether oxygens (including phenoxy) is 2. The summed E-state index contributed by atoms with van der Waals surface area (Å²) in [6, 6.07) is 17.7. The standard InChI is InChI=1S/C18H18O3/c1-3-20-18(19)14(2)13-21-17-12-8-7-11-16(17)15-9-5-4-6-10-15/h4-13H,3H2,1-2H3. The van der Waals surface area contributed by atoms with Crippen LogP contribution in [0.1, 0.15) is 13.8 Å². The second kappa shape index (κ2) is 7.29. The Balaban J connectivity index is 2.22. The third-order valence-electron chi connectivity index (χ3n) is 2.93. The smallest absolute Gasteiger partial charge is 0.336 e. The van der Waals surface area contributed by atoms with Gasteiger partial charge in [0.15, 0.2) is 0 Å². The van der Waals surface area contributed by atoms with Gasteiger partial charge >= 0.3 is 5.97 Å². The minimum absolute atomic E-state index is 0.352. The van der Waals surface area contributed by atoms with Gasteiger partial charge in [-0.05, 0) is 25.5 Å². The van der Waals surface area contributed by atoms with Gasteiger partial charge in [-0.15, -0.1) is 0 Å². The fraction of sp³-hybridized carbons (Fsp3) is 0.167. The van der Waals surface area contributed by atoms with Gasteiger partial charge in [-0.2, -0.15) is 0 Å². The molecular weight excluding hydrogens is 264 g/mol. The van der Waals surface area contributed by atoms with Crippen LogP contribution in [0, 0.1) is 0 Å². The van der Waals surface area contributed by atoms with Crippen molar-refractivity contribution in [1.82, 2.24) is 0 Å². The molecule has 0 aromatic heterocycles. The molecule has 0 amide bonds. The zero-order valence-corrected chi connectivity index (χ0v) is 12.2. The average Bonchev–Trinajstić information content (AvgIpc) is 2.54. The molecule has 0 radical (unpaired) electrons. The van der Waals surface area contributed by atoms with Crippen molar-refractivity contribution in [3.05, 3.63) is 66.4 Å². The number of benzene rings is 2. The van der Waals surface area contributed by atoms with E-state index in [9.17, 15) is 4.79 Å². The summed E-state index contributed by atoms with van der Waals surface area (Å²) >= 11 is 0. The van der Waals surface area contributed by atoms with E-state index >= 15 is 0 Å². The van der Waals surface area contributed by atoms with Crippen molar-refractivity contribution in [3.8, 4) is 16.9 Å². The third-order valence-corrected chi connectivity index (χ3v) is 2.93. The summed E-state index contributed by atoms with van der Waals surface area (Å²) in [4.78, 5) is 11.5. The molecule has 2 aromatic carbocycles. The Morgan fingerprint density at radius 3 is 2.43 bits per heavy atom. The molecule has 0 heterocycles. The summed E-state index contributed by atoms with van der Waals surface area (Å²) in [5.41, 5.74) is 2.47. The van der Waals surface area contributed by atoms with Crippen molar-refractivity contribution in [2.45, 2.75) is 13.8 Å². The molecular formula is C18H18O3. The average molecular weight is 282 g/mol. The van der Waals surface area contributed by atoms with Gasteiger partial charge in [0, 0.05) is 5.56 Å². The molecule has 2 aromatic rings. The highest BCUT2D eigenvalue weighted by Crippen LogP contribution is 2.29. The van der Waals surface area contributed by atoms with Gasteiger partial charge in [-0.25, -0.2) is 4.79 Å². The fourth-order valence-corrected chi connectivity index (χ4v) is 1.87. The Hall–Kier alpha value is -2.55. The summed E-state index contributed by atoms with van der Waals surface area (Å²) < 4.78 is 10.6. The molecule has 0 aliphatic rings. The largest absolute Gasteiger partial charge is 0.464 e. The summed E-state index contributed by atoms with van der Waals surface area (Å²) in [6.07, 6.45) is 1.43. The normalized spacial score (nSPS) is 11.0. The first-order valence-electron chi connectivity index (χ1n) is 6.87. The molecule has 108 valence electrons. The second-order valence-corrected chi connectivity index (χ2v) is 4.50. The minimum atomic E-state index is -0.366. The lowest BCUT2D eigenvalue weighted by atomic mass is 10.1. The molecule has 0 saturated carbocycles. The number of rotatable bonds is 5. The van der Waals surface area contributed by atoms with Crippen LogP contribution < -0.4 is 4.74 Å². The number of carbonyl (C=O) groups is 1. The number of para-hydroxylation sites is 1. The highest BCUT2D eigenvalue weighted by Gasteiger charge is 2.07. The van der Waals surface area contributed by atoms with Crippen molar-refractivity contribution < 1.29 is 14.3 Å². The number of hydrogen-bond donors (Lipinski definition) is 0. The first kappa shape index (κ1) is 14.9. The van der Waals surface area contributed by atoms with Gasteiger partial charge in [0.25, 0.3) is 0 Å². The summed E-state index contributed by atoms with van der Waals surface area (Å²) in [5, 5.41) is 0. The van der Waals surface area contributed by atoms with Crippen LogP contribution in [0.25, 0.3) is 11.1 Å². The molecule has 0 spiro atoms. The van der Waals surface area contributed by atoms with Crippen LogP contribution in [-0.2, 0) is 9.53 Å². The lowest BCUT2D eigenvalue weighted by molar-refractivity contribution is -0.138. The summed E-state index contributed by atoms with van der Waals surface area (Å²) in [6.45, 7) is 3.80. The molecule has 21 heavy (non-hydrogen) atoms. The van der Waals surface area contributed by atoms with E-state index in [-0.39, 0.29) is 5.97 Å². The molecule has 0 unspecified atom stereocenters. The van der Waals surface area contributed by atoms with E-state index in [1.165, 1.54) is 6.26 Å². The second-order valence-electron chi connectivity index (χ2n) is 4.50. The first-order valence-corrected chi connectivity index (χ1v) is 6.87. The SMILES string of the molecule is CCOC(=O)C(C)=COc1ccccc1-c1ccccc1. The Labute approximate surface area is 124 Å². The van der Waals surface area contributed by atoms with E-state index in [1.807, 2.05) is 54.6 Å². The minimum Gasteiger partial charge on any atom is -0.464 e. The summed E-state index contributed by atoms with van der Waals surface area (Å²) in [5.74, 6) is 0.335. The maximum atomic E-state index is 11.5. The maximum Gasteiger partial charge on any atom is 0.336 e. The highest BCUT2D eigenvalue weighted by atomic mass is 16.5. The third kappa shape index (κ3) is 3.96. The van der Waals surface area contributed by atoms with Crippen LogP contribution in [0.3, 0.4) is 0 Å². The Kier molecular flexibility index (Phi) is 5.16. The number of esters is 1. The Bertz CT molecular complexity index is 630. The van der Waals surface area contributed by atoms with E-state index in [0.29, 0.717) is 17.9 Å². The van der Waals surface area contributed by atoms with E-state index < -0.39 is 0 Å². The molecule has 0 bridgehead atoms. The van der Waals surface area contributed by atoms with Gasteiger partial charge in [0.05, 0.1) is 12.2 Å². The molecule has 3 nitrogen and oxygen atoms in total. The van der Waals surface area contributed by atoms with Crippen LogP contribution in [0.5, 0.6) is 5.75 Å². The van der Waals surface area contributed by atoms with Crippen LogP contribution in [0.2, 0.25) is 0 Å². The van der Waals surface area contributed by atoms with Gasteiger partial charge in [-0.1, -0.05) is 48.5 Å². The van der Waals surface area contributed by atoms with E-state index in [0.717, 1.165) is 11.1 Å². The lowest BCUT2D eigenvalue weighted by Gasteiger charge is -2.09.